The number of rotatable bonds is 57. The average Bonchev–Trinajstić information content (AvgIpc) is 3.42. The smallest absolute Gasteiger partial charge is 0.306 e. The van der Waals surface area contributed by atoms with Crippen LogP contribution in [-0.4, -0.2) is 82.3 Å². The van der Waals surface area contributed by atoms with Crippen molar-refractivity contribution < 1.29 is 42.9 Å². The van der Waals surface area contributed by atoms with Crippen molar-refractivity contribution in [1.29, 1.82) is 0 Å². The van der Waals surface area contributed by atoms with Crippen LogP contribution >= 0.6 is 0 Å². The first kappa shape index (κ1) is 74.7. The number of likely N-dealkylation sites (N-methyl/N-ethyl adjacent to an activating group) is 1. The van der Waals surface area contributed by atoms with Gasteiger partial charge in [-0.25, -0.2) is 0 Å². The minimum absolute atomic E-state index is 0.131. The number of nitrogens with zero attached hydrogens (tertiary/aromatic N) is 1. The summed E-state index contributed by atoms with van der Waals surface area (Å²) in [5, 5.41) is 11.8. The van der Waals surface area contributed by atoms with Gasteiger partial charge in [-0.05, 0) is 103 Å². The molecule has 0 heterocycles. The zero-order chi connectivity index (χ0) is 57.6. The molecule has 0 aromatic heterocycles. The van der Waals surface area contributed by atoms with Crippen molar-refractivity contribution in [3.05, 3.63) is 122 Å². The Kier molecular flexibility index (Phi) is 56.5. The van der Waals surface area contributed by atoms with Crippen molar-refractivity contribution in [1.82, 2.24) is 0 Å². The number of hydrogen-bond acceptors (Lipinski definition) is 8. The first-order valence-corrected chi connectivity index (χ1v) is 31.7. The highest BCUT2D eigenvalue weighted by atomic mass is 16.7. The number of carboxylic acids is 1. The second-order valence-electron chi connectivity index (χ2n) is 22.0. The summed E-state index contributed by atoms with van der Waals surface area (Å²) in [6, 6.07) is 0. The molecule has 0 radical (unpaired) electrons. The van der Waals surface area contributed by atoms with Gasteiger partial charge in [0.25, 0.3) is 0 Å². The van der Waals surface area contributed by atoms with E-state index in [1.165, 1.54) is 128 Å². The highest BCUT2D eigenvalue weighted by molar-refractivity contribution is 5.70. The molecule has 9 nitrogen and oxygen atoms in total. The van der Waals surface area contributed by atoms with Crippen LogP contribution in [0.2, 0.25) is 0 Å². The number of allylic oxidation sites excluding steroid dienone is 20. The summed E-state index contributed by atoms with van der Waals surface area (Å²) in [5.41, 5.74) is 0. The summed E-state index contributed by atoms with van der Waals surface area (Å²) in [6.45, 7) is 4.57. The Morgan fingerprint density at radius 2 is 0.734 bits per heavy atom. The highest BCUT2D eigenvalue weighted by Crippen LogP contribution is 2.15. The molecule has 0 N–H and O–H groups in total. The van der Waals surface area contributed by atoms with Crippen LogP contribution in [0.15, 0.2) is 122 Å². The third-order valence-corrected chi connectivity index (χ3v) is 13.2. The minimum atomic E-state index is -1.64. The number of ether oxygens (including phenoxy) is 4. The molecule has 0 saturated heterocycles. The van der Waals surface area contributed by atoms with Crippen molar-refractivity contribution in [2.75, 3.05) is 47.5 Å². The van der Waals surface area contributed by atoms with E-state index >= 15 is 0 Å². The van der Waals surface area contributed by atoms with Gasteiger partial charge in [0.1, 0.15) is 13.2 Å². The van der Waals surface area contributed by atoms with Gasteiger partial charge in [-0.15, -0.1) is 0 Å². The molecule has 0 fully saturated rings. The van der Waals surface area contributed by atoms with E-state index in [1.807, 2.05) is 21.1 Å². The molecule has 2 atom stereocenters. The molecule has 0 rings (SSSR count). The molecule has 0 aliphatic carbocycles. The quantitative estimate of drug-likeness (QED) is 0.0195. The van der Waals surface area contributed by atoms with E-state index in [0.29, 0.717) is 23.9 Å². The summed E-state index contributed by atoms with van der Waals surface area (Å²) < 4.78 is 22.7. The molecule has 0 amide bonds. The van der Waals surface area contributed by atoms with E-state index in [-0.39, 0.29) is 38.6 Å². The van der Waals surface area contributed by atoms with Crippen molar-refractivity contribution in [3.63, 3.8) is 0 Å². The van der Waals surface area contributed by atoms with E-state index in [9.17, 15) is 19.5 Å². The Bertz CT molecular complexity index is 1710. The molecule has 2 unspecified atom stereocenters. The largest absolute Gasteiger partial charge is 0.545 e. The third-order valence-electron chi connectivity index (χ3n) is 13.2. The normalized spacial score (nSPS) is 13.6. The molecular weight excluding hydrogens is 983 g/mol. The van der Waals surface area contributed by atoms with E-state index in [0.717, 1.165) is 77.0 Å². The van der Waals surface area contributed by atoms with Gasteiger partial charge in [-0.3, -0.25) is 9.59 Å². The summed E-state index contributed by atoms with van der Waals surface area (Å²) >= 11 is 0. The van der Waals surface area contributed by atoms with Gasteiger partial charge in [0, 0.05) is 12.8 Å². The highest BCUT2D eigenvalue weighted by Gasteiger charge is 2.22. The number of esters is 2. The standard InChI is InChI=1S/C70H117NO8/c1-6-8-10-12-14-16-18-20-22-24-26-28-30-32-33-34-35-37-39-41-43-45-47-49-51-53-55-57-59-61-68(73)79-66(65-78-70(69(74)75)76-63-62-71(3,4)5)64-77-67(72)60-58-56-54-52-50-48-46-44-42-40-38-36-31-29-27-25-23-21-19-17-15-13-11-9-7-2/h8,10,14,16,20,22,25-28,32-33,35,37,41,43,47,49,53,55,66,70H,6-7,9,11-13,15,17-19,21,23-24,29-31,34,36,38-40,42,44-46,48,50-52,54,56-65H2,1-5H3/b10-8-,16-14-,22-20-,27-25-,28-26-,33-32-,37-35-,43-41-,49-47-,55-53-. The van der Waals surface area contributed by atoms with E-state index in [4.69, 9.17) is 18.9 Å². The second kappa shape index (κ2) is 59.8. The zero-order valence-corrected chi connectivity index (χ0v) is 51.2. The van der Waals surface area contributed by atoms with Gasteiger partial charge in [-0.2, -0.15) is 0 Å². The van der Waals surface area contributed by atoms with Crippen LogP contribution in [-0.2, 0) is 33.3 Å². The maximum Gasteiger partial charge on any atom is 0.306 e. The first-order chi connectivity index (χ1) is 38.6. The summed E-state index contributed by atoms with van der Waals surface area (Å²) in [6.07, 6.45) is 81.3. The maximum absolute atomic E-state index is 12.9. The molecule has 0 aromatic carbocycles. The zero-order valence-electron chi connectivity index (χ0n) is 51.2. The van der Waals surface area contributed by atoms with Gasteiger partial charge in [-0.1, -0.05) is 251 Å². The monoisotopic (exact) mass is 1100 g/mol. The molecule has 0 aliphatic rings. The fourth-order valence-electron chi connectivity index (χ4n) is 8.36. The van der Waals surface area contributed by atoms with Crippen molar-refractivity contribution in [2.24, 2.45) is 0 Å². The summed E-state index contributed by atoms with van der Waals surface area (Å²) in [4.78, 5) is 37.4. The lowest BCUT2D eigenvalue weighted by molar-refractivity contribution is -0.870. The third kappa shape index (κ3) is 61.2. The lowest BCUT2D eigenvalue weighted by Crippen LogP contribution is -2.44. The predicted molar refractivity (Wildman–Crippen MR) is 333 cm³/mol. The van der Waals surface area contributed by atoms with Gasteiger partial charge in [0.15, 0.2) is 12.4 Å². The fourth-order valence-corrected chi connectivity index (χ4v) is 8.36. The summed E-state index contributed by atoms with van der Waals surface area (Å²) in [5.74, 6) is -2.37. The number of carbonyl (C=O) groups excluding carboxylic acids is 3. The van der Waals surface area contributed by atoms with Crippen LogP contribution in [0, 0.1) is 0 Å². The summed E-state index contributed by atoms with van der Waals surface area (Å²) in [7, 11) is 5.90. The molecule has 0 aliphatic heterocycles. The maximum atomic E-state index is 12.9. The van der Waals surface area contributed by atoms with Crippen LogP contribution in [0.1, 0.15) is 245 Å². The van der Waals surface area contributed by atoms with Gasteiger partial charge in [0.2, 0.25) is 0 Å². The Morgan fingerprint density at radius 3 is 1.13 bits per heavy atom. The number of carboxylic acid groups (broad SMARTS) is 1. The van der Waals surface area contributed by atoms with Crippen LogP contribution in [0.25, 0.3) is 0 Å². The second-order valence-corrected chi connectivity index (χ2v) is 22.0. The lowest BCUT2D eigenvalue weighted by atomic mass is 10.0. The van der Waals surface area contributed by atoms with Crippen LogP contribution in [0.3, 0.4) is 0 Å². The Morgan fingerprint density at radius 1 is 0.392 bits per heavy atom. The van der Waals surface area contributed by atoms with Crippen molar-refractivity contribution >= 4 is 17.9 Å². The number of aliphatic carboxylic acids is 1. The van der Waals surface area contributed by atoms with Crippen LogP contribution in [0.4, 0.5) is 0 Å². The number of unbranched alkanes of at least 4 members (excludes halogenated alkanes) is 22. The number of quaternary nitrogens is 1. The number of carbonyl (C=O) groups is 3. The van der Waals surface area contributed by atoms with Crippen molar-refractivity contribution in [2.45, 2.75) is 257 Å². The Balaban J connectivity index is 4.33. The van der Waals surface area contributed by atoms with Crippen LogP contribution < -0.4 is 5.11 Å². The van der Waals surface area contributed by atoms with E-state index in [1.54, 1.807) is 0 Å². The number of hydrogen-bond donors (Lipinski definition) is 0. The van der Waals surface area contributed by atoms with Gasteiger partial charge in [0.05, 0.1) is 40.3 Å². The molecule has 450 valence electrons. The van der Waals surface area contributed by atoms with Gasteiger partial charge < -0.3 is 33.3 Å². The van der Waals surface area contributed by atoms with Crippen molar-refractivity contribution in [3.8, 4) is 0 Å². The molecule has 79 heavy (non-hydrogen) atoms. The average molecular weight is 1100 g/mol. The first-order valence-electron chi connectivity index (χ1n) is 31.7. The predicted octanol–water partition coefficient (Wildman–Crippen LogP) is 17.9. The Labute approximate surface area is 485 Å². The van der Waals surface area contributed by atoms with Crippen LogP contribution in [0.5, 0.6) is 0 Å². The Hall–Kier alpha value is -4.31. The molecule has 0 bridgehead atoms. The SMILES string of the molecule is CC/C=C\C/C=C\C/C=C\C/C=C\C/C=C\C/C=C\C/C=C\C/C=C\C/C=C\CCCC(=O)OC(COC(=O)CCCCCCCCCCCCCCC/C=C\CCCCCCCCCC)COC(OCC[N+](C)(C)C)C(=O)[O-]. The fraction of sp³-hybridized carbons (Fsp3) is 0.671. The van der Waals surface area contributed by atoms with E-state index in [2.05, 4.69) is 135 Å². The molecule has 0 spiro atoms. The minimum Gasteiger partial charge on any atom is -0.545 e. The topological polar surface area (TPSA) is 111 Å². The lowest BCUT2D eigenvalue weighted by Gasteiger charge is -2.26. The molecule has 0 saturated carbocycles. The molecular formula is C70H117NO8. The van der Waals surface area contributed by atoms with E-state index < -0.39 is 24.3 Å². The molecule has 9 heteroatoms. The molecule has 0 aromatic rings. The van der Waals surface area contributed by atoms with Gasteiger partial charge >= 0.3 is 11.9 Å².